The standard InChI is InChI=1S/C29H56O3/c1-3-5-7-9-11-12-13-14-15-16-17-18-19-20-22-24-26-32-28-29(30)27-31-25-23-21-10-8-6-4-2/h11-12,14-15,29-30H,3-10,13,16-28H2,1-2H3/b12-11-,15-14-/t29-/m0/s1. The fourth-order valence-corrected chi connectivity index (χ4v) is 3.66. The fraction of sp³-hybridized carbons (Fsp3) is 0.862. The van der Waals surface area contributed by atoms with E-state index in [1.54, 1.807) is 0 Å². The van der Waals surface area contributed by atoms with Gasteiger partial charge in [0.25, 0.3) is 0 Å². The summed E-state index contributed by atoms with van der Waals surface area (Å²) in [5.41, 5.74) is 0. The van der Waals surface area contributed by atoms with E-state index in [9.17, 15) is 5.11 Å². The van der Waals surface area contributed by atoms with E-state index in [2.05, 4.69) is 38.2 Å². The van der Waals surface area contributed by atoms with Gasteiger partial charge < -0.3 is 14.6 Å². The molecule has 0 saturated heterocycles. The van der Waals surface area contributed by atoms with Gasteiger partial charge in [0.15, 0.2) is 0 Å². The molecule has 0 aliphatic heterocycles. The van der Waals surface area contributed by atoms with E-state index in [0.29, 0.717) is 13.2 Å². The Hall–Kier alpha value is -0.640. The van der Waals surface area contributed by atoms with E-state index in [4.69, 9.17) is 9.47 Å². The SMILES string of the molecule is CCCCC/C=C\C/C=C\CCCCCCCCOC[C@@H](O)COCCCCCCCC. The van der Waals surface area contributed by atoms with Crippen molar-refractivity contribution in [1.29, 1.82) is 0 Å². The van der Waals surface area contributed by atoms with Crippen LogP contribution in [0.15, 0.2) is 24.3 Å². The van der Waals surface area contributed by atoms with Gasteiger partial charge in [-0.15, -0.1) is 0 Å². The monoisotopic (exact) mass is 452 g/mol. The summed E-state index contributed by atoms with van der Waals surface area (Å²) in [5.74, 6) is 0. The first-order chi connectivity index (χ1) is 15.8. The molecule has 0 rings (SSSR count). The van der Waals surface area contributed by atoms with E-state index >= 15 is 0 Å². The summed E-state index contributed by atoms with van der Waals surface area (Å²) < 4.78 is 11.1. The summed E-state index contributed by atoms with van der Waals surface area (Å²) in [6, 6.07) is 0. The van der Waals surface area contributed by atoms with Gasteiger partial charge in [0.2, 0.25) is 0 Å². The number of allylic oxidation sites excluding steroid dienone is 4. The zero-order valence-corrected chi connectivity index (χ0v) is 21.7. The van der Waals surface area contributed by atoms with Crippen LogP contribution in [-0.2, 0) is 9.47 Å². The van der Waals surface area contributed by atoms with Crippen LogP contribution in [0, 0.1) is 0 Å². The Morgan fingerprint density at radius 3 is 1.47 bits per heavy atom. The summed E-state index contributed by atoms with van der Waals surface area (Å²) in [6.07, 6.45) is 31.5. The molecule has 0 aromatic carbocycles. The van der Waals surface area contributed by atoms with E-state index in [-0.39, 0.29) is 0 Å². The predicted octanol–water partition coefficient (Wildman–Crippen LogP) is 8.55. The normalized spacial score (nSPS) is 13.0. The first-order valence-corrected chi connectivity index (χ1v) is 13.9. The molecule has 0 heterocycles. The first-order valence-electron chi connectivity index (χ1n) is 13.9. The number of aliphatic hydroxyl groups excluding tert-OH is 1. The van der Waals surface area contributed by atoms with E-state index in [1.807, 2.05) is 0 Å². The van der Waals surface area contributed by atoms with Crippen molar-refractivity contribution < 1.29 is 14.6 Å². The zero-order chi connectivity index (χ0) is 23.4. The molecule has 1 atom stereocenters. The molecule has 190 valence electrons. The number of hydrogen-bond acceptors (Lipinski definition) is 3. The Balaban J connectivity index is 3.21. The van der Waals surface area contributed by atoms with Crippen molar-refractivity contribution in [3.05, 3.63) is 24.3 Å². The molecule has 1 N–H and O–H groups in total. The smallest absolute Gasteiger partial charge is 0.101 e. The maximum atomic E-state index is 9.90. The maximum absolute atomic E-state index is 9.90. The molecule has 0 spiro atoms. The van der Waals surface area contributed by atoms with Gasteiger partial charge in [-0.05, 0) is 44.9 Å². The van der Waals surface area contributed by atoms with Gasteiger partial charge in [0, 0.05) is 13.2 Å². The summed E-state index contributed by atoms with van der Waals surface area (Å²) in [7, 11) is 0. The van der Waals surface area contributed by atoms with Crippen molar-refractivity contribution in [3.63, 3.8) is 0 Å². The van der Waals surface area contributed by atoms with Gasteiger partial charge in [-0.1, -0.05) is 109 Å². The highest BCUT2D eigenvalue weighted by atomic mass is 16.5. The molecule has 0 unspecified atom stereocenters. The van der Waals surface area contributed by atoms with Gasteiger partial charge in [0.1, 0.15) is 6.10 Å². The Kier molecular flexibility index (Phi) is 27.8. The third kappa shape index (κ3) is 27.4. The van der Waals surface area contributed by atoms with E-state index in [0.717, 1.165) is 32.5 Å². The van der Waals surface area contributed by atoms with Crippen LogP contribution in [-0.4, -0.2) is 37.6 Å². The van der Waals surface area contributed by atoms with Crippen molar-refractivity contribution in [1.82, 2.24) is 0 Å². The van der Waals surface area contributed by atoms with Crippen molar-refractivity contribution >= 4 is 0 Å². The third-order valence-electron chi connectivity index (χ3n) is 5.75. The minimum Gasteiger partial charge on any atom is -0.388 e. The number of rotatable bonds is 26. The molecule has 3 nitrogen and oxygen atoms in total. The fourth-order valence-electron chi connectivity index (χ4n) is 3.66. The Morgan fingerprint density at radius 1 is 0.531 bits per heavy atom. The molecular weight excluding hydrogens is 396 g/mol. The van der Waals surface area contributed by atoms with Gasteiger partial charge in [-0.25, -0.2) is 0 Å². The van der Waals surface area contributed by atoms with Crippen LogP contribution in [0.1, 0.15) is 129 Å². The van der Waals surface area contributed by atoms with Gasteiger partial charge >= 0.3 is 0 Å². The predicted molar refractivity (Wildman–Crippen MR) is 140 cm³/mol. The molecule has 0 aliphatic rings. The van der Waals surface area contributed by atoms with Crippen molar-refractivity contribution in [2.75, 3.05) is 26.4 Å². The van der Waals surface area contributed by atoms with E-state index < -0.39 is 6.10 Å². The number of hydrogen-bond donors (Lipinski definition) is 1. The number of unbranched alkanes of at least 4 members (excludes halogenated alkanes) is 14. The minimum atomic E-state index is -0.486. The number of ether oxygens (including phenoxy) is 2. The van der Waals surface area contributed by atoms with Crippen LogP contribution in [0.25, 0.3) is 0 Å². The van der Waals surface area contributed by atoms with E-state index in [1.165, 1.54) is 96.3 Å². The highest BCUT2D eigenvalue weighted by molar-refractivity contribution is 4.92. The quantitative estimate of drug-likeness (QED) is 0.105. The summed E-state index contributed by atoms with van der Waals surface area (Å²) in [4.78, 5) is 0. The molecule has 0 radical (unpaired) electrons. The van der Waals surface area contributed by atoms with Crippen LogP contribution in [0.3, 0.4) is 0 Å². The third-order valence-corrected chi connectivity index (χ3v) is 5.75. The van der Waals surface area contributed by atoms with Gasteiger partial charge in [-0.2, -0.15) is 0 Å². The van der Waals surface area contributed by atoms with Gasteiger partial charge in [-0.3, -0.25) is 0 Å². The lowest BCUT2D eigenvalue weighted by Gasteiger charge is -2.12. The molecule has 0 amide bonds. The first kappa shape index (κ1) is 31.4. The zero-order valence-electron chi connectivity index (χ0n) is 21.7. The maximum Gasteiger partial charge on any atom is 0.101 e. The lowest BCUT2D eigenvalue weighted by Crippen LogP contribution is -2.22. The Labute approximate surface area is 201 Å². The topological polar surface area (TPSA) is 38.7 Å². The number of aliphatic hydroxyl groups is 1. The van der Waals surface area contributed by atoms with Crippen LogP contribution < -0.4 is 0 Å². The molecule has 32 heavy (non-hydrogen) atoms. The Morgan fingerprint density at radius 2 is 0.938 bits per heavy atom. The summed E-state index contributed by atoms with van der Waals surface area (Å²) in [5, 5.41) is 9.90. The highest BCUT2D eigenvalue weighted by Gasteiger charge is 2.04. The second kappa shape index (κ2) is 28.4. The minimum absolute atomic E-state index is 0.400. The molecule has 0 bridgehead atoms. The second-order valence-electron chi connectivity index (χ2n) is 9.16. The average Bonchev–Trinajstić information content (AvgIpc) is 2.80. The second-order valence-corrected chi connectivity index (χ2v) is 9.16. The molecule has 0 aromatic rings. The lowest BCUT2D eigenvalue weighted by molar-refractivity contribution is -0.0201. The summed E-state index contributed by atoms with van der Waals surface area (Å²) in [6.45, 7) is 6.81. The molecule has 0 fully saturated rings. The molecule has 0 aliphatic carbocycles. The van der Waals surface area contributed by atoms with Crippen molar-refractivity contribution in [2.24, 2.45) is 0 Å². The van der Waals surface area contributed by atoms with Crippen LogP contribution in [0.5, 0.6) is 0 Å². The van der Waals surface area contributed by atoms with Crippen LogP contribution in [0.2, 0.25) is 0 Å². The van der Waals surface area contributed by atoms with Crippen LogP contribution >= 0.6 is 0 Å². The van der Waals surface area contributed by atoms with Crippen molar-refractivity contribution in [2.45, 2.75) is 136 Å². The molecule has 3 heteroatoms. The summed E-state index contributed by atoms with van der Waals surface area (Å²) >= 11 is 0. The Bertz CT molecular complexity index is 392. The molecular formula is C29H56O3. The van der Waals surface area contributed by atoms with Gasteiger partial charge in [0.05, 0.1) is 13.2 Å². The van der Waals surface area contributed by atoms with Crippen LogP contribution in [0.4, 0.5) is 0 Å². The molecule has 0 aromatic heterocycles. The average molecular weight is 453 g/mol. The highest BCUT2D eigenvalue weighted by Crippen LogP contribution is 2.09. The largest absolute Gasteiger partial charge is 0.388 e. The van der Waals surface area contributed by atoms with Crippen molar-refractivity contribution in [3.8, 4) is 0 Å². The lowest BCUT2D eigenvalue weighted by atomic mass is 10.1. The molecule has 0 saturated carbocycles.